The molecule has 4 aliphatic heterocycles. The number of ether oxygens (including phenoxy) is 1. The summed E-state index contributed by atoms with van der Waals surface area (Å²) in [6.07, 6.45) is 20.8. The van der Waals surface area contributed by atoms with E-state index < -0.39 is 14.5 Å². The fraction of sp³-hybridized carbons (Fsp3) is 0.409. The first-order chi connectivity index (χ1) is 13.0. The van der Waals surface area contributed by atoms with Crippen LogP contribution in [0.3, 0.4) is 0 Å². The van der Waals surface area contributed by atoms with E-state index in [-0.39, 0.29) is 12.5 Å². The highest BCUT2D eigenvalue weighted by atomic mass is 32.4. The Morgan fingerprint density at radius 3 is 2.33 bits per heavy atom. The molecule has 1 fully saturated rings. The van der Waals surface area contributed by atoms with Crippen LogP contribution in [0.25, 0.3) is 0 Å². The monoisotopic (exact) mass is 386 g/mol. The van der Waals surface area contributed by atoms with Crippen LogP contribution in [-0.4, -0.2) is 30.0 Å². The van der Waals surface area contributed by atoms with Gasteiger partial charge in [-0.3, -0.25) is 4.79 Å². The Hall–Kier alpha value is -1.98. The summed E-state index contributed by atoms with van der Waals surface area (Å²) in [7, 11) is -1.89. The average Bonchev–Trinajstić information content (AvgIpc) is 3.44. The lowest BCUT2D eigenvalue weighted by Crippen LogP contribution is -2.42. The molecule has 0 radical (unpaired) electrons. The maximum Gasteiger partial charge on any atom is 0.303 e. The van der Waals surface area contributed by atoms with Gasteiger partial charge in [-0.05, 0) is 67.5 Å². The smallest absolute Gasteiger partial charge is 0.303 e. The third-order valence-corrected chi connectivity index (χ3v) is 15.2. The van der Waals surface area contributed by atoms with E-state index in [4.69, 9.17) is 8.92 Å². The summed E-state index contributed by atoms with van der Waals surface area (Å²) in [5, 5.41) is 9.34. The normalized spacial score (nSPS) is 30.0. The zero-order chi connectivity index (χ0) is 18.8. The first-order valence-corrected chi connectivity index (χ1v) is 12.3. The highest BCUT2D eigenvalue weighted by molar-refractivity contribution is 8.72. The second kappa shape index (κ2) is 5.09. The minimum atomic E-state index is -3.61. The number of rotatable bonds is 7. The molecule has 0 saturated heterocycles. The largest absolute Gasteiger partial charge is 0.496 e. The predicted molar refractivity (Wildman–Crippen MR) is 109 cm³/mol. The molecule has 0 unspecified atom stereocenters. The van der Waals surface area contributed by atoms with E-state index in [0.29, 0.717) is 12.2 Å². The number of carboxylic acid groups (broad SMARTS) is 1. The Morgan fingerprint density at radius 1 is 1.11 bits per heavy atom. The molecular weight excluding hydrogens is 360 g/mol. The first kappa shape index (κ1) is 17.1. The van der Waals surface area contributed by atoms with Gasteiger partial charge in [0.1, 0.15) is 5.76 Å². The predicted octanol–water partition coefficient (Wildman–Crippen LogP) is 5.28. The molecule has 5 heteroatoms. The molecule has 0 aromatic heterocycles. The quantitative estimate of drug-likeness (QED) is 0.647. The summed E-state index contributed by atoms with van der Waals surface area (Å²) < 4.78 is 13.2. The standard InChI is InChI=1S/C22H26O4S/c1-25-20-15-19-12-13-21(20)27(19,14-4-7-22(23)24,26-16-5-2-3-6-16)17-8-9-18(27)11-10-17/h8-13,15-16H,2-7,14H2,1H3,(H,23,24). The Kier molecular flexibility index (Phi) is 3.23. The van der Waals surface area contributed by atoms with Gasteiger partial charge in [0.15, 0.2) is 0 Å². The molecule has 0 aromatic rings. The highest BCUT2D eigenvalue weighted by Crippen LogP contribution is 3.13. The van der Waals surface area contributed by atoms with Crippen molar-refractivity contribution in [3.05, 3.63) is 67.9 Å². The molecule has 0 atom stereocenters. The number of carboxylic acids is 1. The van der Waals surface area contributed by atoms with Crippen LogP contribution in [0.4, 0.5) is 0 Å². The molecule has 1 spiro atoms. The molecule has 5 rings (SSSR count). The van der Waals surface area contributed by atoms with Gasteiger partial charge in [0, 0.05) is 26.0 Å². The number of aliphatic carboxylic acids is 1. The number of allylic oxidation sites excluding steroid dienone is 7. The Bertz CT molecular complexity index is 931. The SMILES string of the molecule is COC1=C2C=CC(=C1)S21(CCCC(=O)O)(OC2CCCC2)C2=CC=C1C=C2. The zero-order valence-electron chi connectivity index (χ0n) is 15.6. The Balaban J connectivity index is 1.78. The van der Waals surface area contributed by atoms with Crippen molar-refractivity contribution in [1.29, 1.82) is 0 Å². The molecule has 0 aromatic carbocycles. The van der Waals surface area contributed by atoms with Crippen LogP contribution in [0.2, 0.25) is 0 Å². The van der Waals surface area contributed by atoms with E-state index in [1.54, 1.807) is 7.11 Å². The van der Waals surface area contributed by atoms with Crippen molar-refractivity contribution < 1.29 is 18.8 Å². The third kappa shape index (κ3) is 1.57. The van der Waals surface area contributed by atoms with Gasteiger partial charge in [0.05, 0.1) is 13.2 Å². The molecule has 5 aliphatic rings. The maximum absolute atomic E-state index is 11.4. The Labute approximate surface area is 159 Å². The topological polar surface area (TPSA) is 55.8 Å². The zero-order valence-corrected chi connectivity index (χ0v) is 16.5. The molecule has 4 heterocycles. The fourth-order valence-electron chi connectivity index (χ4n) is 6.02. The van der Waals surface area contributed by atoms with Gasteiger partial charge in [0.25, 0.3) is 0 Å². The van der Waals surface area contributed by atoms with Crippen molar-refractivity contribution in [3.63, 3.8) is 0 Å². The van der Waals surface area contributed by atoms with Crippen molar-refractivity contribution in [1.82, 2.24) is 0 Å². The van der Waals surface area contributed by atoms with Crippen LogP contribution in [0.5, 0.6) is 0 Å². The van der Waals surface area contributed by atoms with Crippen molar-refractivity contribution in [2.75, 3.05) is 12.9 Å². The number of methoxy groups -OCH3 is 1. The summed E-state index contributed by atoms with van der Waals surface area (Å²) in [5.74, 6) is 0.830. The van der Waals surface area contributed by atoms with Crippen LogP contribution in [0, 0.1) is 0 Å². The van der Waals surface area contributed by atoms with Gasteiger partial charge < -0.3 is 14.0 Å². The first-order valence-electron chi connectivity index (χ1n) is 9.78. The van der Waals surface area contributed by atoms with Crippen molar-refractivity contribution in [3.8, 4) is 0 Å². The summed E-state index contributed by atoms with van der Waals surface area (Å²) >= 11 is 0. The number of hydrogen-bond donors (Lipinski definition) is 1. The second-order valence-electron chi connectivity index (χ2n) is 8.13. The number of hydrogen-bond acceptors (Lipinski definition) is 3. The van der Waals surface area contributed by atoms with Gasteiger partial charge in [0.2, 0.25) is 0 Å². The van der Waals surface area contributed by atoms with Crippen molar-refractivity contribution in [2.24, 2.45) is 0 Å². The van der Waals surface area contributed by atoms with E-state index in [1.165, 1.54) is 27.6 Å². The highest BCUT2D eigenvalue weighted by Gasteiger charge is 2.77. The fourth-order valence-corrected chi connectivity index (χ4v) is 14.5. The molecule has 1 saturated carbocycles. The van der Waals surface area contributed by atoms with E-state index in [1.807, 2.05) is 0 Å². The van der Waals surface area contributed by atoms with Crippen LogP contribution < -0.4 is 0 Å². The van der Waals surface area contributed by atoms with E-state index >= 15 is 0 Å². The molecule has 144 valence electrons. The Morgan fingerprint density at radius 2 is 1.78 bits per heavy atom. The van der Waals surface area contributed by atoms with Crippen molar-refractivity contribution in [2.45, 2.75) is 44.6 Å². The molecule has 0 amide bonds. The van der Waals surface area contributed by atoms with Gasteiger partial charge in [-0.25, -0.2) is 0 Å². The molecule has 4 nitrogen and oxygen atoms in total. The average molecular weight is 387 g/mol. The molecule has 1 aliphatic carbocycles. The van der Waals surface area contributed by atoms with Gasteiger partial charge in [-0.2, -0.15) is 0 Å². The molecular formula is C22H26O4S. The minimum absolute atomic E-state index is 0.150. The molecule has 4 bridgehead atoms. The van der Waals surface area contributed by atoms with E-state index in [2.05, 4.69) is 42.5 Å². The van der Waals surface area contributed by atoms with Crippen LogP contribution in [0.15, 0.2) is 67.9 Å². The molecule has 1 N–H and O–H groups in total. The summed E-state index contributed by atoms with van der Waals surface area (Å²) in [4.78, 5) is 16.1. The van der Waals surface area contributed by atoms with Crippen molar-refractivity contribution >= 4 is 14.5 Å². The lowest BCUT2D eigenvalue weighted by molar-refractivity contribution is -0.137. The van der Waals surface area contributed by atoms with Crippen LogP contribution >= 0.6 is 8.58 Å². The summed E-state index contributed by atoms with van der Waals surface area (Å²) in [6, 6.07) is 0. The van der Waals surface area contributed by atoms with Gasteiger partial charge in [-0.1, -0.05) is 12.8 Å². The maximum atomic E-state index is 11.4. The summed E-state index contributed by atoms with van der Waals surface area (Å²) in [6.45, 7) is 0. The minimum Gasteiger partial charge on any atom is -0.496 e. The second-order valence-corrected chi connectivity index (χ2v) is 13.9. The summed E-state index contributed by atoms with van der Waals surface area (Å²) in [5.41, 5.74) is 0. The van der Waals surface area contributed by atoms with E-state index in [0.717, 1.165) is 23.5 Å². The van der Waals surface area contributed by atoms with Crippen LogP contribution in [-0.2, 0) is 13.7 Å². The molecule has 27 heavy (non-hydrogen) atoms. The van der Waals surface area contributed by atoms with Gasteiger partial charge >= 0.3 is 5.97 Å². The van der Waals surface area contributed by atoms with Gasteiger partial charge in [-0.15, -0.1) is 8.58 Å². The lowest BCUT2D eigenvalue weighted by atomic mass is 10.3. The van der Waals surface area contributed by atoms with Crippen LogP contribution in [0.1, 0.15) is 38.5 Å². The van der Waals surface area contributed by atoms with E-state index in [9.17, 15) is 9.90 Å². The lowest BCUT2D eigenvalue weighted by Gasteiger charge is -2.76. The third-order valence-electron chi connectivity index (χ3n) is 7.11. The number of carbonyl (C=O) groups is 1.